The summed E-state index contributed by atoms with van der Waals surface area (Å²) in [6.07, 6.45) is 2.21. The third kappa shape index (κ3) is 5.80. The number of piperidine rings is 1. The molecule has 1 amide bonds. The summed E-state index contributed by atoms with van der Waals surface area (Å²) in [5.41, 5.74) is 0.468. The van der Waals surface area contributed by atoms with E-state index in [-0.39, 0.29) is 10.8 Å². The second kappa shape index (κ2) is 8.78. The minimum atomic E-state index is -3.47. The molecule has 0 saturated carbocycles. The smallest absolute Gasteiger partial charge is 0.251 e. The number of nitrogens with zero attached hydrogens (tertiary/aromatic N) is 1. The topological polar surface area (TPSA) is 78.5 Å². The quantitative estimate of drug-likeness (QED) is 0.719. The van der Waals surface area contributed by atoms with Crippen molar-refractivity contribution in [1.29, 1.82) is 0 Å². The molecular formula is C18H29N3O3S. The van der Waals surface area contributed by atoms with Gasteiger partial charge in [-0.3, -0.25) is 4.79 Å². The van der Waals surface area contributed by atoms with Crippen LogP contribution >= 0.6 is 0 Å². The van der Waals surface area contributed by atoms with Crippen molar-refractivity contribution < 1.29 is 13.2 Å². The second-order valence-electron chi connectivity index (χ2n) is 7.05. The molecule has 25 heavy (non-hydrogen) atoms. The highest BCUT2D eigenvalue weighted by atomic mass is 32.2. The van der Waals surface area contributed by atoms with Gasteiger partial charge in [0.05, 0.1) is 4.90 Å². The van der Waals surface area contributed by atoms with Crippen LogP contribution in [-0.2, 0) is 10.0 Å². The molecule has 1 aliphatic heterocycles. The van der Waals surface area contributed by atoms with Crippen LogP contribution in [0.25, 0.3) is 0 Å². The Bertz CT molecular complexity index is 663. The molecule has 0 bridgehead atoms. The monoisotopic (exact) mass is 367 g/mol. The molecular weight excluding hydrogens is 338 g/mol. The van der Waals surface area contributed by atoms with Crippen LogP contribution in [0.2, 0.25) is 0 Å². The first-order chi connectivity index (χ1) is 11.8. The van der Waals surface area contributed by atoms with Gasteiger partial charge < -0.3 is 10.2 Å². The van der Waals surface area contributed by atoms with E-state index in [1.807, 2.05) is 0 Å². The average Bonchev–Trinajstić information content (AvgIpc) is 2.58. The van der Waals surface area contributed by atoms with Gasteiger partial charge in [-0.2, -0.15) is 0 Å². The predicted octanol–water partition coefficient (Wildman–Crippen LogP) is 1.69. The third-order valence-electron chi connectivity index (χ3n) is 4.58. The molecule has 2 atom stereocenters. The first-order valence-corrected chi connectivity index (χ1v) is 10.3. The molecule has 140 valence electrons. The number of likely N-dealkylation sites (tertiary alicyclic amines) is 1. The Labute approximate surface area is 151 Å². The lowest BCUT2D eigenvalue weighted by Gasteiger charge is -2.34. The summed E-state index contributed by atoms with van der Waals surface area (Å²) < 4.78 is 25.6. The van der Waals surface area contributed by atoms with E-state index in [2.05, 4.69) is 28.8 Å². The number of carbonyl (C=O) groups excluding carboxylic acids is 1. The lowest BCUT2D eigenvalue weighted by Crippen LogP contribution is -2.40. The van der Waals surface area contributed by atoms with Gasteiger partial charge in [0, 0.05) is 25.2 Å². The van der Waals surface area contributed by atoms with Crippen molar-refractivity contribution in [3.05, 3.63) is 29.8 Å². The molecule has 0 spiro atoms. The van der Waals surface area contributed by atoms with Crippen LogP contribution in [0.5, 0.6) is 0 Å². The van der Waals surface area contributed by atoms with Crippen molar-refractivity contribution in [2.75, 3.05) is 33.2 Å². The molecule has 1 saturated heterocycles. The third-order valence-corrected chi connectivity index (χ3v) is 6.01. The SMILES string of the molecule is CNS(=O)(=O)c1ccc(C(=O)NCCCN2C[C@@H](C)C[C@H](C)C2)cc1. The van der Waals surface area contributed by atoms with E-state index < -0.39 is 10.0 Å². The van der Waals surface area contributed by atoms with Gasteiger partial charge in [0.15, 0.2) is 0 Å². The summed E-state index contributed by atoms with van der Waals surface area (Å²) in [5, 5.41) is 2.90. The standard InChI is InChI=1S/C18H29N3O3S/c1-14-11-15(2)13-21(12-14)10-4-9-20-18(22)16-5-7-17(8-6-16)25(23,24)19-3/h5-8,14-15,19H,4,9-13H2,1-3H3,(H,20,22)/t14-,15-/m0/s1. The molecule has 2 N–H and O–H groups in total. The average molecular weight is 368 g/mol. The fourth-order valence-electron chi connectivity index (χ4n) is 3.48. The molecule has 1 aliphatic rings. The summed E-state index contributed by atoms with van der Waals surface area (Å²) in [5.74, 6) is 1.31. The van der Waals surface area contributed by atoms with Crippen molar-refractivity contribution in [1.82, 2.24) is 14.9 Å². The summed E-state index contributed by atoms with van der Waals surface area (Å²) in [7, 11) is -2.11. The number of sulfonamides is 1. The number of amides is 1. The highest BCUT2D eigenvalue weighted by Crippen LogP contribution is 2.20. The van der Waals surface area contributed by atoms with Crippen LogP contribution in [0, 0.1) is 11.8 Å². The Morgan fingerprint density at radius 2 is 1.76 bits per heavy atom. The molecule has 7 heteroatoms. The van der Waals surface area contributed by atoms with Crippen molar-refractivity contribution >= 4 is 15.9 Å². The normalized spacial score (nSPS) is 21.9. The van der Waals surface area contributed by atoms with E-state index in [1.54, 1.807) is 0 Å². The van der Waals surface area contributed by atoms with Crippen LogP contribution in [-0.4, -0.2) is 52.5 Å². The van der Waals surface area contributed by atoms with Crippen molar-refractivity contribution in [2.24, 2.45) is 11.8 Å². The first-order valence-electron chi connectivity index (χ1n) is 8.86. The molecule has 0 aliphatic carbocycles. The van der Waals surface area contributed by atoms with Gasteiger partial charge in [-0.15, -0.1) is 0 Å². The van der Waals surface area contributed by atoms with Crippen LogP contribution in [0.4, 0.5) is 0 Å². The number of nitrogens with one attached hydrogen (secondary N) is 2. The van der Waals surface area contributed by atoms with E-state index in [9.17, 15) is 13.2 Å². The highest BCUT2D eigenvalue weighted by Gasteiger charge is 2.21. The maximum Gasteiger partial charge on any atom is 0.251 e. The summed E-state index contributed by atoms with van der Waals surface area (Å²) in [6, 6.07) is 5.95. The van der Waals surface area contributed by atoms with Gasteiger partial charge in [0.25, 0.3) is 5.91 Å². The van der Waals surface area contributed by atoms with E-state index in [4.69, 9.17) is 0 Å². The van der Waals surface area contributed by atoms with Crippen LogP contribution in [0.3, 0.4) is 0 Å². The van der Waals surface area contributed by atoms with E-state index in [1.165, 1.54) is 37.7 Å². The van der Waals surface area contributed by atoms with Gasteiger partial charge >= 0.3 is 0 Å². The zero-order valence-electron chi connectivity index (χ0n) is 15.3. The van der Waals surface area contributed by atoms with Gasteiger partial charge in [-0.25, -0.2) is 13.1 Å². The van der Waals surface area contributed by atoms with Crippen molar-refractivity contribution in [3.63, 3.8) is 0 Å². The number of hydrogen-bond donors (Lipinski definition) is 2. The van der Waals surface area contributed by atoms with E-state index in [0.717, 1.165) is 37.9 Å². The maximum absolute atomic E-state index is 12.1. The highest BCUT2D eigenvalue weighted by molar-refractivity contribution is 7.89. The zero-order chi connectivity index (χ0) is 18.4. The Hall–Kier alpha value is -1.44. The number of benzene rings is 1. The lowest BCUT2D eigenvalue weighted by atomic mass is 9.92. The van der Waals surface area contributed by atoms with Gasteiger partial charge in [-0.1, -0.05) is 13.8 Å². The lowest BCUT2D eigenvalue weighted by molar-refractivity contribution is 0.0947. The largest absolute Gasteiger partial charge is 0.352 e. The van der Waals surface area contributed by atoms with E-state index in [0.29, 0.717) is 12.1 Å². The summed E-state index contributed by atoms with van der Waals surface area (Å²) in [4.78, 5) is 14.8. The number of carbonyl (C=O) groups is 1. The molecule has 1 aromatic rings. The molecule has 2 rings (SSSR count). The molecule has 0 aromatic heterocycles. The van der Waals surface area contributed by atoms with Crippen LogP contribution in [0.1, 0.15) is 37.0 Å². The molecule has 1 heterocycles. The molecule has 1 aromatic carbocycles. The molecule has 6 nitrogen and oxygen atoms in total. The second-order valence-corrected chi connectivity index (χ2v) is 8.93. The molecule has 0 radical (unpaired) electrons. The predicted molar refractivity (Wildman–Crippen MR) is 99.0 cm³/mol. The summed E-state index contributed by atoms with van der Waals surface area (Å²) >= 11 is 0. The van der Waals surface area contributed by atoms with Gasteiger partial charge in [-0.05, 0) is 62.5 Å². The number of rotatable bonds is 7. The zero-order valence-corrected chi connectivity index (χ0v) is 16.1. The number of hydrogen-bond acceptors (Lipinski definition) is 4. The minimum Gasteiger partial charge on any atom is -0.352 e. The van der Waals surface area contributed by atoms with E-state index >= 15 is 0 Å². The van der Waals surface area contributed by atoms with Crippen molar-refractivity contribution in [3.8, 4) is 0 Å². The Morgan fingerprint density at radius 3 is 2.32 bits per heavy atom. The molecule has 0 unspecified atom stereocenters. The van der Waals surface area contributed by atoms with Crippen molar-refractivity contribution in [2.45, 2.75) is 31.6 Å². The van der Waals surface area contributed by atoms with Crippen LogP contribution < -0.4 is 10.0 Å². The minimum absolute atomic E-state index is 0.153. The van der Waals surface area contributed by atoms with Crippen LogP contribution in [0.15, 0.2) is 29.2 Å². The van der Waals surface area contributed by atoms with Gasteiger partial charge in [0.1, 0.15) is 0 Å². The fraction of sp³-hybridized carbons (Fsp3) is 0.611. The Kier molecular flexibility index (Phi) is 6.98. The first kappa shape index (κ1) is 19.9. The van der Waals surface area contributed by atoms with Gasteiger partial charge in [0.2, 0.25) is 10.0 Å². The molecule has 1 fully saturated rings. The Balaban J connectivity index is 1.77. The fourth-order valence-corrected chi connectivity index (χ4v) is 4.21. The summed E-state index contributed by atoms with van der Waals surface area (Å²) in [6.45, 7) is 8.48. The Morgan fingerprint density at radius 1 is 1.16 bits per heavy atom. The maximum atomic E-state index is 12.1.